The lowest BCUT2D eigenvalue weighted by atomic mass is 10.1. The lowest BCUT2D eigenvalue weighted by Gasteiger charge is -2.29. The lowest BCUT2D eigenvalue weighted by molar-refractivity contribution is 0.592. The molecule has 0 aliphatic carbocycles. The van der Waals surface area contributed by atoms with Gasteiger partial charge in [-0.3, -0.25) is 0 Å². The molecule has 1 aromatic heterocycles. The van der Waals surface area contributed by atoms with Gasteiger partial charge in [0.15, 0.2) is 5.82 Å². The maximum atomic E-state index is 14.5. The summed E-state index contributed by atoms with van der Waals surface area (Å²) in [4.78, 5) is 3.28. The average molecular weight is 357 g/mol. The van der Waals surface area contributed by atoms with Crippen molar-refractivity contribution in [2.24, 2.45) is 5.73 Å². The Morgan fingerprint density at radius 2 is 2.10 bits per heavy atom. The van der Waals surface area contributed by atoms with E-state index in [1.807, 2.05) is 23.6 Å². The van der Waals surface area contributed by atoms with Gasteiger partial charge in [-0.05, 0) is 52.9 Å². The van der Waals surface area contributed by atoms with Gasteiger partial charge in [-0.2, -0.15) is 0 Å². The van der Waals surface area contributed by atoms with E-state index in [4.69, 9.17) is 5.73 Å². The van der Waals surface area contributed by atoms with Gasteiger partial charge in [-0.25, -0.2) is 4.39 Å². The van der Waals surface area contributed by atoms with Gasteiger partial charge >= 0.3 is 0 Å². The Kier molecular flexibility index (Phi) is 5.18. The Hall–Kier alpha value is -0.910. The first kappa shape index (κ1) is 15.5. The molecule has 0 radical (unpaired) electrons. The molecule has 0 saturated heterocycles. The lowest BCUT2D eigenvalue weighted by Crippen LogP contribution is -2.30. The number of hydrogen-bond acceptors (Lipinski definition) is 3. The number of rotatable bonds is 5. The summed E-state index contributed by atoms with van der Waals surface area (Å²) in [5.41, 5.74) is 7.00. The first-order chi connectivity index (χ1) is 9.54. The van der Waals surface area contributed by atoms with Crippen molar-refractivity contribution in [3.8, 4) is 0 Å². The third kappa shape index (κ3) is 3.22. The van der Waals surface area contributed by atoms with Crippen LogP contribution in [0.5, 0.6) is 0 Å². The van der Waals surface area contributed by atoms with Crippen molar-refractivity contribution in [2.45, 2.75) is 33.0 Å². The fraction of sp³-hybridized carbons (Fsp3) is 0.333. The van der Waals surface area contributed by atoms with Gasteiger partial charge in [0.05, 0.1) is 16.7 Å². The highest BCUT2D eigenvalue weighted by atomic mass is 79.9. The molecule has 0 saturated carbocycles. The summed E-state index contributed by atoms with van der Waals surface area (Å²) in [6.45, 7) is 5.17. The zero-order chi connectivity index (χ0) is 14.7. The van der Waals surface area contributed by atoms with Crippen molar-refractivity contribution in [3.63, 3.8) is 0 Å². The minimum atomic E-state index is -0.238. The number of benzene rings is 1. The molecule has 1 heterocycles. The highest BCUT2D eigenvalue weighted by Gasteiger charge is 2.19. The van der Waals surface area contributed by atoms with E-state index in [2.05, 4.69) is 40.7 Å². The van der Waals surface area contributed by atoms with E-state index in [1.165, 1.54) is 4.88 Å². The Morgan fingerprint density at radius 3 is 2.65 bits per heavy atom. The molecule has 20 heavy (non-hydrogen) atoms. The molecule has 5 heteroatoms. The van der Waals surface area contributed by atoms with Crippen LogP contribution in [0, 0.1) is 5.82 Å². The highest BCUT2D eigenvalue weighted by Crippen LogP contribution is 2.31. The van der Waals surface area contributed by atoms with Crippen molar-refractivity contribution in [1.82, 2.24) is 0 Å². The number of anilines is 1. The van der Waals surface area contributed by atoms with Crippen LogP contribution < -0.4 is 10.6 Å². The third-order valence-electron chi connectivity index (χ3n) is 3.20. The van der Waals surface area contributed by atoms with E-state index in [9.17, 15) is 4.39 Å². The summed E-state index contributed by atoms with van der Waals surface area (Å²) in [7, 11) is 0. The van der Waals surface area contributed by atoms with Crippen LogP contribution in [0.3, 0.4) is 0 Å². The van der Waals surface area contributed by atoms with E-state index in [1.54, 1.807) is 11.3 Å². The first-order valence-electron chi connectivity index (χ1n) is 6.50. The number of hydrogen-bond donors (Lipinski definition) is 1. The summed E-state index contributed by atoms with van der Waals surface area (Å²) in [5, 5.41) is 2.04. The largest absolute Gasteiger partial charge is 0.362 e. The van der Waals surface area contributed by atoms with Crippen LogP contribution in [-0.4, -0.2) is 6.04 Å². The zero-order valence-corrected chi connectivity index (χ0v) is 14.0. The number of nitrogens with zero attached hydrogens (tertiary/aromatic N) is 1. The first-order valence-corrected chi connectivity index (χ1v) is 8.17. The SMILES string of the molecule is CC(C)N(Cc1cccs1)c1ccc(CN)c(Br)c1F. The van der Waals surface area contributed by atoms with Gasteiger partial charge in [0, 0.05) is 17.5 Å². The predicted octanol–water partition coefficient (Wildman–Crippen LogP) is 4.52. The number of thiophene rings is 1. The summed E-state index contributed by atoms with van der Waals surface area (Å²) in [6, 6.07) is 7.99. The molecule has 0 atom stereocenters. The maximum absolute atomic E-state index is 14.5. The maximum Gasteiger partial charge on any atom is 0.160 e. The smallest absolute Gasteiger partial charge is 0.160 e. The Bertz CT molecular complexity index is 570. The van der Waals surface area contributed by atoms with Gasteiger partial charge in [-0.1, -0.05) is 12.1 Å². The quantitative estimate of drug-likeness (QED) is 0.852. The van der Waals surface area contributed by atoms with Crippen LogP contribution in [0.4, 0.5) is 10.1 Å². The molecule has 2 nitrogen and oxygen atoms in total. The van der Waals surface area contributed by atoms with Gasteiger partial charge in [-0.15, -0.1) is 11.3 Å². The molecule has 1 aromatic carbocycles. The molecule has 0 fully saturated rings. The van der Waals surface area contributed by atoms with Crippen LogP contribution in [0.1, 0.15) is 24.3 Å². The Labute approximate surface area is 131 Å². The Balaban J connectivity index is 2.37. The minimum Gasteiger partial charge on any atom is -0.362 e. The van der Waals surface area contributed by atoms with E-state index in [-0.39, 0.29) is 11.9 Å². The average Bonchev–Trinajstić information content (AvgIpc) is 2.92. The van der Waals surface area contributed by atoms with Crippen LogP contribution in [0.2, 0.25) is 0 Å². The normalized spacial score (nSPS) is 11.1. The molecule has 0 bridgehead atoms. The fourth-order valence-corrected chi connectivity index (χ4v) is 3.27. The van der Waals surface area contributed by atoms with Crippen molar-refractivity contribution >= 4 is 33.0 Å². The summed E-state index contributed by atoms with van der Waals surface area (Å²) < 4.78 is 15.0. The fourth-order valence-electron chi connectivity index (χ4n) is 2.08. The van der Waals surface area contributed by atoms with Crippen molar-refractivity contribution in [3.05, 3.63) is 50.4 Å². The van der Waals surface area contributed by atoms with Crippen molar-refractivity contribution in [2.75, 3.05) is 4.90 Å². The van der Waals surface area contributed by atoms with E-state index in [0.29, 0.717) is 23.2 Å². The molecular formula is C15H18BrFN2S. The second kappa shape index (κ2) is 6.70. The van der Waals surface area contributed by atoms with Gasteiger partial charge in [0.25, 0.3) is 0 Å². The monoisotopic (exact) mass is 356 g/mol. The van der Waals surface area contributed by atoms with Crippen molar-refractivity contribution < 1.29 is 4.39 Å². The molecule has 108 valence electrons. The van der Waals surface area contributed by atoms with E-state index < -0.39 is 0 Å². The standard InChI is InChI=1S/C15H18BrFN2S/c1-10(2)19(9-12-4-3-7-20-12)13-6-5-11(8-18)14(16)15(13)17/h3-7,10H,8-9,18H2,1-2H3. The topological polar surface area (TPSA) is 29.3 Å². The second-order valence-corrected chi connectivity index (χ2v) is 6.70. The molecule has 0 spiro atoms. The van der Waals surface area contributed by atoms with Crippen LogP contribution in [-0.2, 0) is 13.1 Å². The summed E-state index contributed by atoms with van der Waals surface area (Å²) >= 11 is 4.99. The molecule has 0 aliphatic rings. The highest BCUT2D eigenvalue weighted by molar-refractivity contribution is 9.10. The predicted molar refractivity (Wildman–Crippen MR) is 87.6 cm³/mol. The number of halogens is 2. The van der Waals surface area contributed by atoms with Crippen LogP contribution in [0.15, 0.2) is 34.1 Å². The molecule has 0 unspecified atom stereocenters. The third-order valence-corrected chi connectivity index (χ3v) is 4.92. The second-order valence-electron chi connectivity index (χ2n) is 4.88. The molecule has 2 aromatic rings. The molecular weight excluding hydrogens is 339 g/mol. The van der Waals surface area contributed by atoms with Crippen LogP contribution >= 0.6 is 27.3 Å². The minimum absolute atomic E-state index is 0.210. The van der Waals surface area contributed by atoms with Crippen molar-refractivity contribution in [1.29, 1.82) is 0 Å². The van der Waals surface area contributed by atoms with Gasteiger partial charge in [0.1, 0.15) is 0 Å². The Morgan fingerprint density at radius 1 is 1.35 bits per heavy atom. The molecule has 0 amide bonds. The molecule has 2 rings (SSSR count). The van der Waals surface area contributed by atoms with E-state index in [0.717, 1.165) is 5.56 Å². The van der Waals surface area contributed by atoms with E-state index >= 15 is 0 Å². The van der Waals surface area contributed by atoms with Gasteiger partial charge in [0.2, 0.25) is 0 Å². The molecule has 2 N–H and O–H groups in total. The zero-order valence-electron chi connectivity index (χ0n) is 11.6. The summed E-state index contributed by atoms with van der Waals surface area (Å²) in [5.74, 6) is -0.238. The summed E-state index contributed by atoms with van der Waals surface area (Å²) in [6.07, 6.45) is 0. The number of nitrogens with two attached hydrogens (primary N) is 1. The van der Waals surface area contributed by atoms with Gasteiger partial charge < -0.3 is 10.6 Å². The molecule has 0 aliphatic heterocycles. The van der Waals surface area contributed by atoms with Crippen LogP contribution in [0.25, 0.3) is 0 Å².